The Morgan fingerprint density at radius 1 is 0.810 bits per heavy atom. The number of furan rings is 1. The summed E-state index contributed by atoms with van der Waals surface area (Å²) in [7, 11) is 4.97. The van der Waals surface area contributed by atoms with E-state index in [1.807, 2.05) is 12.1 Å². The number of fused-ring (bicyclic) bond motifs is 3. The van der Waals surface area contributed by atoms with Crippen LogP contribution in [-0.2, 0) is 0 Å². The molecular formula is C16H16N2OP2. The van der Waals surface area contributed by atoms with Crippen molar-refractivity contribution in [1.29, 1.82) is 0 Å². The predicted octanol–water partition coefficient (Wildman–Crippen LogP) is 5.27. The molecule has 1 aromatic heterocycles. The quantitative estimate of drug-likeness (QED) is 0.469. The smallest absolute Gasteiger partial charge is 0.137 e. The van der Waals surface area contributed by atoms with Crippen LogP contribution in [0.2, 0.25) is 0 Å². The van der Waals surface area contributed by atoms with Gasteiger partial charge >= 0.3 is 0 Å². The molecule has 0 radical (unpaired) electrons. The maximum atomic E-state index is 5.97. The van der Waals surface area contributed by atoms with Gasteiger partial charge in [0.25, 0.3) is 0 Å². The van der Waals surface area contributed by atoms with E-state index < -0.39 is 0 Å². The van der Waals surface area contributed by atoms with E-state index in [0.29, 0.717) is 0 Å². The summed E-state index contributed by atoms with van der Waals surface area (Å²) in [6.07, 6.45) is 0. The molecule has 0 amide bonds. The molecule has 0 bridgehead atoms. The molecule has 2 aromatic carbocycles. The number of rotatable bonds is 2. The highest BCUT2D eigenvalue weighted by Crippen LogP contribution is 2.38. The van der Waals surface area contributed by atoms with Crippen LogP contribution in [-0.4, -0.2) is 11.9 Å². The van der Waals surface area contributed by atoms with Crippen molar-refractivity contribution in [3.8, 4) is 0 Å². The third kappa shape index (κ3) is 2.52. The summed E-state index contributed by atoms with van der Waals surface area (Å²) < 4.78 is 5.97. The van der Waals surface area contributed by atoms with Crippen molar-refractivity contribution in [3.05, 3.63) is 35.4 Å². The number of aliphatic imine (C=N–C) groups is 2. The van der Waals surface area contributed by atoms with Gasteiger partial charge in [0, 0.05) is 28.8 Å². The molecule has 2 atom stereocenters. The van der Waals surface area contributed by atoms with Gasteiger partial charge in [-0.25, -0.2) is 0 Å². The van der Waals surface area contributed by atoms with Crippen molar-refractivity contribution in [2.75, 3.05) is 0 Å². The molecule has 0 saturated carbocycles. The fourth-order valence-corrected chi connectivity index (χ4v) is 2.74. The van der Waals surface area contributed by atoms with Crippen LogP contribution in [0.4, 0.5) is 11.4 Å². The topological polar surface area (TPSA) is 37.9 Å². The molecular weight excluding hydrogens is 298 g/mol. The third-order valence-electron chi connectivity index (χ3n) is 3.61. The molecule has 0 spiro atoms. The summed E-state index contributed by atoms with van der Waals surface area (Å²) >= 11 is 0. The van der Waals surface area contributed by atoms with Crippen LogP contribution in [0.5, 0.6) is 0 Å². The highest BCUT2D eigenvalue weighted by molar-refractivity contribution is 7.37. The lowest BCUT2D eigenvalue weighted by atomic mass is 10.1. The maximum absolute atomic E-state index is 5.97. The van der Waals surface area contributed by atoms with Crippen molar-refractivity contribution in [1.82, 2.24) is 0 Å². The van der Waals surface area contributed by atoms with E-state index in [0.717, 1.165) is 33.3 Å². The zero-order valence-corrected chi connectivity index (χ0v) is 14.2. The van der Waals surface area contributed by atoms with Gasteiger partial charge in [0.1, 0.15) is 11.2 Å². The monoisotopic (exact) mass is 314 g/mol. The molecule has 2 unspecified atom stereocenters. The lowest BCUT2D eigenvalue weighted by molar-refractivity contribution is 0.668. The number of hydrogen-bond donors (Lipinski definition) is 0. The van der Waals surface area contributed by atoms with E-state index in [1.165, 1.54) is 11.1 Å². The number of nitrogens with zero attached hydrogens (tertiary/aromatic N) is 2. The Bertz CT molecular complexity index is 894. The van der Waals surface area contributed by atoms with Crippen LogP contribution in [0.25, 0.3) is 21.9 Å². The number of hydrogen-bond acceptors (Lipinski definition) is 3. The van der Waals surface area contributed by atoms with Crippen LogP contribution >= 0.6 is 18.5 Å². The van der Waals surface area contributed by atoms with E-state index in [1.54, 1.807) is 11.9 Å². The van der Waals surface area contributed by atoms with Gasteiger partial charge in [-0.2, -0.15) is 0 Å². The summed E-state index contributed by atoms with van der Waals surface area (Å²) in [6.45, 7) is 4.21. The first-order chi connectivity index (χ1) is 10.1. The van der Waals surface area contributed by atoms with Crippen LogP contribution < -0.4 is 0 Å². The van der Waals surface area contributed by atoms with Crippen molar-refractivity contribution < 1.29 is 4.42 Å². The zero-order valence-electron chi connectivity index (χ0n) is 11.9. The average Bonchev–Trinajstić information content (AvgIpc) is 2.77. The van der Waals surface area contributed by atoms with E-state index in [9.17, 15) is 0 Å². The lowest BCUT2D eigenvalue weighted by Gasteiger charge is -2.01. The minimum atomic E-state index is 0.795. The standard InChI is InChI=1S/C16H16N2OP2/c1-9-3-11-12-5-13(17-7-20)14(18-8-21)6-16(12)19-15(11)4-10(9)2/h3-8H,20-21H2,1-2H3/b17-7+,18-8+. The van der Waals surface area contributed by atoms with Gasteiger partial charge in [0.2, 0.25) is 0 Å². The zero-order chi connectivity index (χ0) is 15.0. The Morgan fingerprint density at radius 3 is 2.00 bits per heavy atom. The summed E-state index contributed by atoms with van der Waals surface area (Å²) in [5, 5.41) is 2.19. The molecule has 21 heavy (non-hydrogen) atoms. The summed E-state index contributed by atoms with van der Waals surface area (Å²) in [4.78, 5) is 8.71. The predicted molar refractivity (Wildman–Crippen MR) is 98.9 cm³/mol. The van der Waals surface area contributed by atoms with Crippen LogP contribution in [0, 0.1) is 13.8 Å². The fourth-order valence-electron chi connectivity index (χ4n) is 2.42. The molecule has 3 aromatic rings. The van der Waals surface area contributed by atoms with E-state index in [2.05, 4.69) is 54.4 Å². The molecule has 1 heterocycles. The van der Waals surface area contributed by atoms with Crippen LogP contribution in [0.1, 0.15) is 11.1 Å². The summed E-state index contributed by atoms with van der Waals surface area (Å²) in [6, 6.07) is 8.22. The summed E-state index contributed by atoms with van der Waals surface area (Å²) in [5.74, 6) is 3.38. The highest BCUT2D eigenvalue weighted by atomic mass is 31.0. The second-order valence-electron chi connectivity index (χ2n) is 4.93. The third-order valence-corrected chi connectivity index (χ3v) is 3.91. The molecule has 0 aliphatic rings. The Kier molecular flexibility index (Phi) is 3.89. The lowest BCUT2D eigenvalue weighted by Crippen LogP contribution is -1.78. The Hall–Kier alpha value is -1.56. The van der Waals surface area contributed by atoms with Crippen molar-refractivity contribution >= 4 is 63.7 Å². The molecule has 3 rings (SSSR count). The Morgan fingerprint density at radius 2 is 1.33 bits per heavy atom. The highest BCUT2D eigenvalue weighted by Gasteiger charge is 2.12. The van der Waals surface area contributed by atoms with Gasteiger partial charge in [-0.3, -0.25) is 9.98 Å². The first-order valence-electron chi connectivity index (χ1n) is 6.60. The molecule has 0 fully saturated rings. The van der Waals surface area contributed by atoms with Gasteiger partial charge < -0.3 is 4.42 Å². The van der Waals surface area contributed by atoms with Gasteiger partial charge in [-0.1, -0.05) is 18.5 Å². The molecule has 3 nitrogen and oxygen atoms in total. The van der Waals surface area contributed by atoms with Gasteiger partial charge in [-0.05, 0) is 43.2 Å². The van der Waals surface area contributed by atoms with Gasteiger partial charge in [0.15, 0.2) is 0 Å². The minimum absolute atomic E-state index is 0.795. The molecule has 5 heteroatoms. The largest absolute Gasteiger partial charge is 0.456 e. The van der Waals surface area contributed by atoms with Crippen molar-refractivity contribution in [2.45, 2.75) is 13.8 Å². The first kappa shape index (κ1) is 14.4. The van der Waals surface area contributed by atoms with Crippen molar-refractivity contribution in [3.63, 3.8) is 0 Å². The Labute approximate surface area is 127 Å². The van der Waals surface area contributed by atoms with Gasteiger partial charge in [-0.15, -0.1) is 0 Å². The van der Waals surface area contributed by atoms with Crippen LogP contribution in [0.3, 0.4) is 0 Å². The molecule has 0 aliphatic heterocycles. The molecule has 0 saturated heterocycles. The second-order valence-corrected chi connectivity index (χ2v) is 5.52. The van der Waals surface area contributed by atoms with E-state index in [4.69, 9.17) is 4.42 Å². The fraction of sp³-hybridized carbons (Fsp3) is 0.125. The Balaban J connectivity index is 2.40. The van der Waals surface area contributed by atoms with Crippen LogP contribution in [0.15, 0.2) is 38.7 Å². The average molecular weight is 314 g/mol. The number of benzene rings is 2. The second kappa shape index (κ2) is 5.67. The minimum Gasteiger partial charge on any atom is -0.456 e. The molecule has 0 N–H and O–H groups in total. The normalized spacial score (nSPS) is 12.4. The van der Waals surface area contributed by atoms with E-state index >= 15 is 0 Å². The summed E-state index contributed by atoms with van der Waals surface area (Å²) in [5.41, 5.74) is 5.85. The van der Waals surface area contributed by atoms with Gasteiger partial charge in [0.05, 0.1) is 11.4 Å². The maximum Gasteiger partial charge on any atom is 0.137 e. The molecule has 0 aliphatic carbocycles. The first-order valence-corrected chi connectivity index (χ1v) is 7.93. The molecule has 106 valence electrons. The SMILES string of the molecule is Cc1cc2oc3cc(/N=C/P)c(/N=C/P)cc3c2cc1C. The van der Waals surface area contributed by atoms with E-state index in [-0.39, 0.29) is 0 Å². The number of aryl methyl sites for hydroxylation is 2. The van der Waals surface area contributed by atoms with Crippen molar-refractivity contribution in [2.24, 2.45) is 9.98 Å².